The van der Waals surface area contributed by atoms with Gasteiger partial charge in [-0.1, -0.05) is 12.1 Å². The molecule has 0 atom stereocenters. The molecule has 3 aromatic rings. The molecule has 0 radical (unpaired) electrons. The van der Waals surface area contributed by atoms with Crippen LogP contribution in [0.15, 0.2) is 59.8 Å². The molecule has 0 saturated carbocycles. The molecule has 1 aromatic carbocycles. The third-order valence-electron chi connectivity index (χ3n) is 3.52. The third kappa shape index (κ3) is 3.03. The maximum atomic E-state index is 9.44. The van der Waals surface area contributed by atoms with Gasteiger partial charge in [0.05, 0.1) is 5.69 Å². The van der Waals surface area contributed by atoms with E-state index in [4.69, 9.17) is 5.73 Å². The Kier molecular flexibility index (Phi) is 4.26. The first-order chi connectivity index (χ1) is 11.2. The van der Waals surface area contributed by atoms with Gasteiger partial charge in [-0.3, -0.25) is 4.98 Å². The largest absolute Gasteiger partial charge is 0.383 e. The van der Waals surface area contributed by atoms with Gasteiger partial charge in [-0.25, -0.2) is 4.98 Å². The van der Waals surface area contributed by atoms with Crippen molar-refractivity contribution in [1.29, 1.82) is 5.26 Å². The summed E-state index contributed by atoms with van der Waals surface area (Å²) in [5, 5.41) is 9.44. The highest BCUT2D eigenvalue weighted by atomic mass is 32.2. The van der Waals surface area contributed by atoms with Crippen LogP contribution in [0.25, 0.3) is 22.4 Å². The van der Waals surface area contributed by atoms with E-state index in [0.717, 1.165) is 16.7 Å². The van der Waals surface area contributed by atoms with E-state index >= 15 is 0 Å². The smallest absolute Gasteiger partial charge is 0.142 e. The van der Waals surface area contributed by atoms with Gasteiger partial charge in [-0.15, -0.1) is 11.8 Å². The Labute approximate surface area is 139 Å². The summed E-state index contributed by atoms with van der Waals surface area (Å²) in [6.07, 6.45) is 5.47. The lowest BCUT2D eigenvalue weighted by Gasteiger charge is -2.10. The Balaban J connectivity index is 2.18. The molecule has 23 heavy (non-hydrogen) atoms. The molecule has 2 N–H and O–H groups in total. The summed E-state index contributed by atoms with van der Waals surface area (Å²) in [6.45, 7) is 0. The van der Waals surface area contributed by atoms with Crippen LogP contribution in [0.2, 0.25) is 0 Å². The van der Waals surface area contributed by atoms with E-state index in [1.165, 1.54) is 4.90 Å². The van der Waals surface area contributed by atoms with Gasteiger partial charge in [0.2, 0.25) is 0 Å². The predicted octanol–water partition coefficient (Wildman–Crippen LogP) is 3.99. The third-order valence-corrected chi connectivity index (χ3v) is 4.26. The Bertz CT molecular complexity index is 868. The molecule has 0 aliphatic rings. The number of rotatable bonds is 3. The van der Waals surface area contributed by atoms with Gasteiger partial charge in [0.1, 0.15) is 17.5 Å². The number of benzene rings is 1. The van der Waals surface area contributed by atoms with Crippen LogP contribution in [-0.2, 0) is 0 Å². The van der Waals surface area contributed by atoms with E-state index in [9.17, 15) is 5.26 Å². The van der Waals surface area contributed by atoms with E-state index in [2.05, 4.69) is 16.0 Å². The van der Waals surface area contributed by atoms with Crippen LogP contribution in [0, 0.1) is 11.3 Å². The van der Waals surface area contributed by atoms with Gasteiger partial charge in [-0.2, -0.15) is 5.26 Å². The summed E-state index contributed by atoms with van der Waals surface area (Å²) >= 11 is 1.68. The number of aromatic nitrogens is 2. The number of hydrogen-bond donors (Lipinski definition) is 1. The maximum absolute atomic E-state index is 9.44. The Morgan fingerprint density at radius 2 is 1.91 bits per heavy atom. The molecule has 3 rings (SSSR count). The number of nitrogen functional groups attached to an aromatic ring is 1. The SMILES string of the molecule is CSc1ccc(-c2cc(-c3cccnc3)nc(N)c2C#N)cc1. The lowest BCUT2D eigenvalue weighted by molar-refractivity contribution is 1.27. The fraction of sp³-hybridized carbons (Fsp3) is 0.0556. The number of nitriles is 1. The molecule has 0 saturated heterocycles. The normalized spacial score (nSPS) is 10.3. The van der Waals surface area contributed by atoms with Crippen molar-refractivity contribution >= 4 is 17.6 Å². The van der Waals surface area contributed by atoms with Crippen molar-refractivity contribution in [1.82, 2.24) is 9.97 Å². The summed E-state index contributed by atoms with van der Waals surface area (Å²) in [7, 11) is 0. The first kappa shape index (κ1) is 15.1. The van der Waals surface area contributed by atoms with Crippen LogP contribution in [0.5, 0.6) is 0 Å². The Morgan fingerprint density at radius 1 is 1.13 bits per heavy atom. The second-order valence-corrected chi connectivity index (χ2v) is 5.78. The molecule has 0 aliphatic heterocycles. The van der Waals surface area contributed by atoms with Gasteiger partial charge in [0.25, 0.3) is 0 Å². The molecule has 0 aliphatic carbocycles. The summed E-state index contributed by atoms with van der Waals surface area (Å²) in [6, 6.07) is 15.9. The summed E-state index contributed by atoms with van der Waals surface area (Å²) in [5.74, 6) is 0.234. The van der Waals surface area contributed by atoms with Crippen LogP contribution < -0.4 is 5.73 Å². The first-order valence-corrected chi connectivity index (χ1v) is 8.21. The minimum atomic E-state index is 0.234. The van der Waals surface area contributed by atoms with Crippen molar-refractivity contribution in [2.45, 2.75) is 4.90 Å². The van der Waals surface area contributed by atoms with Crippen molar-refractivity contribution in [2.75, 3.05) is 12.0 Å². The van der Waals surface area contributed by atoms with Crippen molar-refractivity contribution in [2.24, 2.45) is 0 Å². The number of anilines is 1. The van der Waals surface area contributed by atoms with Crippen molar-refractivity contribution in [3.05, 3.63) is 60.4 Å². The van der Waals surface area contributed by atoms with Crippen molar-refractivity contribution in [3.63, 3.8) is 0 Å². The van der Waals surface area contributed by atoms with E-state index < -0.39 is 0 Å². The average Bonchev–Trinajstić information content (AvgIpc) is 2.62. The zero-order valence-electron chi connectivity index (χ0n) is 12.5. The fourth-order valence-corrected chi connectivity index (χ4v) is 2.75. The molecule has 0 fully saturated rings. The standard InChI is InChI=1S/C18H14N4S/c1-23-14-6-4-12(5-7-14)15-9-17(13-3-2-8-21-11-13)22-18(20)16(15)10-19/h2-9,11H,1H3,(H2,20,22). The summed E-state index contributed by atoms with van der Waals surface area (Å²) < 4.78 is 0. The summed E-state index contributed by atoms with van der Waals surface area (Å²) in [4.78, 5) is 9.62. The minimum absolute atomic E-state index is 0.234. The van der Waals surface area contributed by atoms with Crippen molar-refractivity contribution < 1.29 is 0 Å². The lowest BCUT2D eigenvalue weighted by atomic mass is 9.99. The molecule has 5 heteroatoms. The predicted molar refractivity (Wildman–Crippen MR) is 93.8 cm³/mol. The molecule has 0 bridgehead atoms. The quantitative estimate of drug-likeness (QED) is 0.739. The van der Waals surface area contributed by atoms with Crippen molar-refractivity contribution in [3.8, 4) is 28.5 Å². The highest BCUT2D eigenvalue weighted by molar-refractivity contribution is 7.98. The molecule has 0 amide bonds. The maximum Gasteiger partial charge on any atom is 0.142 e. The van der Waals surface area contributed by atoms with Crippen LogP contribution >= 0.6 is 11.8 Å². The first-order valence-electron chi connectivity index (χ1n) is 6.98. The highest BCUT2D eigenvalue weighted by Gasteiger charge is 2.13. The highest BCUT2D eigenvalue weighted by Crippen LogP contribution is 2.31. The lowest BCUT2D eigenvalue weighted by Crippen LogP contribution is -1.99. The zero-order chi connectivity index (χ0) is 16.2. The number of thioether (sulfide) groups is 1. The molecular formula is C18H14N4S. The van der Waals surface area contributed by atoms with Crippen LogP contribution in [0.4, 0.5) is 5.82 Å². The van der Waals surface area contributed by atoms with E-state index in [1.807, 2.05) is 48.7 Å². The minimum Gasteiger partial charge on any atom is -0.383 e. The monoisotopic (exact) mass is 318 g/mol. The van der Waals surface area contributed by atoms with Gasteiger partial charge in [0.15, 0.2) is 0 Å². The van der Waals surface area contributed by atoms with Crippen LogP contribution in [0.3, 0.4) is 0 Å². The van der Waals surface area contributed by atoms with E-state index in [0.29, 0.717) is 11.3 Å². The van der Waals surface area contributed by atoms with E-state index in [1.54, 1.807) is 24.2 Å². The van der Waals surface area contributed by atoms with Gasteiger partial charge in [-0.05, 0) is 42.2 Å². The topological polar surface area (TPSA) is 75.6 Å². The van der Waals surface area contributed by atoms with Gasteiger partial charge < -0.3 is 5.73 Å². The van der Waals surface area contributed by atoms with E-state index in [-0.39, 0.29) is 5.82 Å². The molecule has 4 nitrogen and oxygen atoms in total. The molecule has 2 aromatic heterocycles. The summed E-state index contributed by atoms with van der Waals surface area (Å²) in [5.41, 5.74) is 9.70. The molecule has 0 spiro atoms. The van der Waals surface area contributed by atoms with Crippen LogP contribution in [-0.4, -0.2) is 16.2 Å². The zero-order valence-corrected chi connectivity index (χ0v) is 13.3. The second kappa shape index (κ2) is 6.51. The number of nitrogens with two attached hydrogens (primary N) is 1. The van der Waals surface area contributed by atoms with Gasteiger partial charge in [0, 0.05) is 28.4 Å². The molecule has 2 heterocycles. The second-order valence-electron chi connectivity index (χ2n) is 4.90. The molecule has 112 valence electrons. The van der Waals surface area contributed by atoms with Crippen LogP contribution in [0.1, 0.15) is 5.56 Å². The number of hydrogen-bond acceptors (Lipinski definition) is 5. The molecular weight excluding hydrogens is 304 g/mol. The molecule has 0 unspecified atom stereocenters. The average molecular weight is 318 g/mol. The fourth-order valence-electron chi connectivity index (χ4n) is 2.34. The Hall–Kier alpha value is -2.84. The number of pyridine rings is 2. The number of nitrogens with zero attached hydrogens (tertiary/aromatic N) is 3. The van der Waals surface area contributed by atoms with Gasteiger partial charge >= 0.3 is 0 Å². The Morgan fingerprint density at radius 3 is 2.52 bits per heavy atom.